The number of hydrogen-bond acceptors (Lipinski definition) is 1. The Morgan fingerprint density at radius 1 is 1.00 bits per heavy atom. The average Bonchev–Trinajstić information content (AvgIpc) is 3.06. The maximum Gasteiger partial charge on any atom is 0.310 e. The summed E-state index contributed by atoms with van der Waals surface area (Å²) in [5.74, 6) is 0.584. The van der Waals surface area contributed by atoms with Gasteiger partial charge in [-0.05, 0) is 66.8 Å². The molecular weight excluding hydrogens is 459 g/mol. The van der Waals surface area contributed by atoms with E-state index >= 15 is 0 Å². The van der Waals surface area contributed by atoms with E-state index in [4.69, 9.17) is 0 Å². The van der Waals surface area contributed by atoms with Crippen LogP contribution in [0, 0.1) is 11.3 Å². The highest BCUT2D eigenvalue weighted by atomic mass is 32.5. The van der Waals surface area contributed by atoms with Crippen LogP contribution in [0.2, 0.25) is 0 Å². The van der Waals surface area contributed by atoms with Crippen molar-refractivity contribution in [2.45, 2.75) is 50.1 Å². The molecule has 9 heteroatoms. The maximum absolute atomic E-state index is 13.0. The molecule has 2 aliphatic rings. The third-order valence-corrected chi connectivity index (χ3v) is 8.17. The first-order chi connectivity index (χ1) is 15.2. The summed E-state index contributed by atoms with van der Waals surface area (Å²) >= 11 is 0. The molecule has 1 spiro atoms. The van der Waals surface area contributed by atoms with E-state index in [1.165, 1.54) is 12.8 Å². The SMILES string of the molecule is CC1CC2(C1)CC(NC(=O)c1cccc3ccn(Cc4ccc(S(F)(F)(F)(F)F)cc4)c13)C2. The number of para-hydroxylation sites is 1. The van der Waals surface area contributed by atoms with Gasteiger partial charge < -0.3 is 9.88 Å². The van der Waals surface area contributed by atoms with Gasteiger partial charge in [-0.1, -0.05) is 50.6 Å². The molecule has 3 nitrogen and oxygen atoms in total. The summed E-state index contributed by atoms with van der Waals surface area (Å²) < 4.78 is 66.7. The van der Waals surface area contributed by atoms with Crippen LogP contribution < -0.4 is 5.32 Å². The third kappa shape index (κ3) is 4.23. The molecule has 1 aromatic heterocycles. The van der Waals surface area contributed by atoms with Gasteiger partial charge in [0.05, 0.1) is 11.1 Å². The molecule has 2 aromatic carbocycles. The number of nitrogens with one attached hydrogen (secondary N) is 1. The van der Waals surface area contributed by atoms with Crippen LogP contribution >= 0.6 is 10.2 Å². The number of amides is 1. The fourth-order valence-electron chi connectivity index (χ4n) is 5.73. The van der Waals surface area contributed by atoms with Crippen molar-refractivity contribution in [3.63, 3.8) is 0 Å². The summed E-state index contributed by atoms with van der Waals surface area (Å²) in [6, 6.07) is 10.3. The zero-order valence-corrected chi connectivity index (χ0v) is 18.9. The van der Waals surface area contributed by atoms with Gasteiger partial charge in [0.1, 0.15) is 4.90 Å². The summed E-state index contributed by atoms with van der Waals surface area (Å²) in [6.07, 6.45) is 6.18. The first-order valence-corrected chi connectivity index (χ1v) is 12.9. The topological polar surface area (TPSA) is 34.0 Å². The van der Waals surface area contributed by atoms with E-state index in [1.54, 1.807) is 22.9 Å². The van der Waals surface area contributed by atoms with Gasteiger partial charge in [0.25, 0.3) is 5.91 Å². The smallest absolute Gasteiger partial charge is 0.310 e. The average molecular weight is 485 g/mol. The van der Waals surface area contributed by atoms with E-state index in [0.717, 1.165) is 36.3 Å². The van der Waals surface area contributed by atoms with Crippen LogP contribution in [0.1, 0.15) is 48.5 Å². The summed E-state index contributed by atoms with van der Waals surface area (Å²) in [4.78, 5) is 11.1. The van der Waals surface area contributed by atoms with Gasteiger partial charge in [-0.25, -0.2) is 0 Å². The van der Waals surface area contributed by atoms with Crippen molar-refractivity contribution in [1.82, 2.24) is 9.88 Å². The monoisotopic (exact) mass is 484 g/mol. The molecule has 3 aromatic rings. The summed E-state index contributed by atoms with van der Waals surface area (Å²) in [5, 5.41) is 3.94. The molecule has 0 atom stereocenters. The Labute approximate surface area is 188 Å². The number of halogens is 5. The third-order valence-electron chi connectivity index (χ3n) is 7.01. The Balaban J connectivity index is 1.36. The largest absolute Gasteiger partial charge is 0.349 e. The molecule has 2 fully saturated rings. The molecule has 0 aliphatic heterocycles. The second-order valence-corrected chi connectivity index (χ2v) is 12.3. The van der Waals surface area contributed by atoms with Crippen molar-refractivity contribution >= 4 is 27.0 Å². The standard InChI is InChI=1S/C24H25F5N2OS/c1-16-11-24(12-16)13-19(14-24)30-23(32)21-4-2-3-18-9-10-31(22(18)21)15-17-5-7-20(8-6-17)33(25,26,27,28)29/h2-10,16,19H,11-15H2,1H3,(H,30,32). The zero-order chi connectivity index (χ0) is 23.7. The number of rotatable bonds is 5. The number of nitrogens with zero attached hydrogens (tertiary/aromatic N) is 1. The van der Waals surface area contributed by atoms with Gasteiger partial charge >= 0.3 is 10.2 Å². The minimum Gasteiger partial charge on any atom is -0.349 e. The van der Waals surface area contributed by atoms with Gasteiger partial charge in [-0.2, -0.15) is 0 Å². The minimum absolute atomic E-state index is 0.152. The Morgan fingerprint density at radius 3 is 2.27 bits per heavy atom. The highest BCUT2D eigenvalue weighted by Crippen LogP contribution is 3.02. The van der Waals surface area contributed by atoms with E-state index < -0.39 is 15.1 Å². The highest BCUT2D eigenvalue weighted by molar-refractivity contribution is 8.45. The van der Waals surface area contributed by atoms with E-state index in [-0.39, 0.29) is 18.5 Å². The summed E-state index contributed by atoms with van der Waals surface area (Å²) in [7, 11) is -9.70. The molecule has 0 bridgehead atoms. The van der Waals surface area contributed by atoms with Crippen LogP contribution in [0.5, 0.6) is 0 Å². The second-order valence-electron chi connectivity index (χ2n) is 9.89. The maximum atomic E-state index is 13.0. The summed E-state index contributed by atoms with van der Waals surface area (Å²) in [5.41, 5.74) is 1.99. The lowest BCUT2D eigenvalue weighted by molar-refractivity contribution is -0.0399. The van der Waals surface area contributed by atoms with Gasteiger partial charge in [0.2, 0.25) is 0 Å². The van der Waals surface area contributed by atoms with Crippen LogP contribution in [0.4, 0.5) is 19.4 Å². The Bertz CT molecular complexity index is 1240. The molecule has 1 heterocycles. The van der Waals surface area contributed by atoms with Crippen molar-refractivity contribution in [2.24, 2.45) is 11.3 Å². The van der Waals surface area contributed by atoms with Crippen LogP contribution in [-0.2, 0) is 6.54 Å². The number of benzene rings is 2. The van der Waals surface area contributed by atoms with Crippen molar-refractivity contribution in [1.29, 1.82) is 0 Å². The van der Waals surface area contributed by atoms with Crippen LogP contribution in [0.25, 0.3) is 10.9 Å². The van der Waals surface area contributed by atoms with Gasteiger partial charge in [0.15, 0.2) is 0 Å². The van der Waals surface area contributed by atoms with E-state index in [2.05, 4.69) is 12.2 Å². The molecule has 2 saturated carbocycles. The Morgan fingerprint density at radius 2 is 1.67 bits per heavy atom. The van der Waals surface area contributed by atoms with Crippen LogP contribution in [-0.4, -0.2) is 16.5 Å². The fourth-order valence-corrected chi connectivity index (χ4v) is 6.38. The normalized spacial score (nSPS) is 26.8. The highest BCUT2D eigenvalue weighted by Gasteiger charge is 2.65. The summed E-state index contributed by atoms with van der Waals surface area (Å²) in [6.45, 7) is 2.40. The Kier molecular flexibility index (Phi) is 4.40. The zero-order valence-electron chi connectivity index (χ0n) is 18.0. The fraction of sp³-hybridized carbons (Fsp3) is 0.375. The van der Waals surface area contributed by atoms with E-state index in [0.29, 0.717) is 34.2 Å². The number of aromatic nitrogens is 1. The van der Waals surface area contributed by atoms with Crippen molar-refractivity contribution < 1.29 is 24.2 Å². The quantitative estimate of drug-likeness (QED) is 0.371. The molecule has 1 amide bonds. The molecule has 5 rings (SSSR count). The molecule has 0 saturated heterocycles. The minimum atomic E-state index is -9.70. The lowest BCUT2D eigenvalue weighted by Crippen LogP contribution is -2.55. The predicted octanol–water partition coefficient (Wildman–Crippen LogP) is 7.66. The van der Waals surface area contributed by atoms with Gasteiger partial charge in [-0.3, -0.25) is 4.79 Å². The molecular formula is C24H25F5N2OS. The van der Waals surface area contributed by atoms with Crippen molar-refractivity contribution in [3.05, 3.63) is 65.9 Å². The number of carbonyl (C=O) groups excluding carboxylic acids is 1. The lowest BCUT2D eigenvalue weighted by atomic mass is 9.50. The molecule has 1 N–H and O–H groups in total. The molecule has 0 radical (unpaired) electrons. The number of fused-ring (bicyclic) bond motifs is 1. The van der Waals surface area contributed by atoms with Gasteiger partial charge in [0, 0.05) is 24.2 Å². The Hall–Kier alpha value is -2.55. The first-order valence-electron chi connectivity index (χ1n) is 10.9. The molecule has 33 heavy (non-hydrogen) atoms. The van der Waals surface area contributed by atoms with E-state index in [9.17, 15) is 24.2 Å². The van der Waals surface area contributed by atoms with Crippen molar-refractivity contribution in [2.75, 3.05) is 0 Å². The molecule has 178 valence electrons. The van der Waals surface area contributed by atoms with Gasteiger partial charge in [-0.15, -0.1) is 0 Å². The van der Waals surface area contributed by atoms with E-state index in [1.807, 2.05) is 12.1 Å². The first kappa shape index (κ1) is 22.3. The lowest BCUT2D eigenvalue weighted by Gasteiger charge is -2.57. The number of hydrogen-bond donors (Lipinski definition) is 1. The predicted molar refractivity (Wildman–Crippen MR) is 120 cm³/mol. The molecule has 0 unspecified atom stereocenters. The van der Waals surface area contributed by atoms with Crippen LogP contribution in [0.3, 0.4) is 0 Å². The van der Waals surface area contributed by atoms with Crippen molar-refractivity contribution in [3.8, 4) is 0 Å². The molecule has 2 aliphatic carbocycles. The number of carbonyl (C=O) groups is 1. The second kappa shape index (κ2) is 6.52. The van der Waals surface area contributed by atoms with Crippen LogP contribution in [0.15, 0.2) is 59.6 Å².